The average Bonchev–Trinajstić information content (AvgIpc) is 3.13. The van der Waals surface area contributed by atoms with E-state index in [9.17, 15) is 18.0 Å². The van der Waals surface area contributed by atoms with Crippen molar-refractivity contribution in [2.24, 2.45) is 11.8 Å². The van der Waals surface area contributed by atoms with Crippen molar-refractivity contribution in [3.8, 4) is 0 Å². The molecule has 26 heavy (non-hydrogen) atoms. The van der Waals surface area contributed by atoms with Crippen molar-refractivity contribution in [1.29, 1.82) is 0 Å². The Balaban J connectivity index is 1.77. The first-order valence-corrected chi connectivity index (χ1v) is 8.67. The van der Waals surface area contributed by atoms with Gasteiger partial charge < -0.3 is 14.1 Å². The maximum Gasteiger partial charge on any atom is 0.393 e. The zero-order chi connectivity index (χ0) is 19.1. The normalized spacial score (nSPS) is 27.1. The molecule has 3 heterocycles. The van der Waals surface area contributed by atoms with Crippen LogP contribution in [0.5, 0.6) is 0 Å². The summed E-state index contributed by atoms with van der Waals surface area (Å²) in [6.45, 7) is 6.31. The van der Waals surface area contributed by atoms with Crippen LogP contribution in [0.2, 0.25) is 0 Å². The standard InChI is InChI=1S/C17H24F3N3O3/c1-11-6-21-14(26-11)9-22-7-12(13(8-22)17(18,19)20)15(24)23-4-5-25-10-16(23,2)3/h6,12-13H,4-5,7-10H2,1-3H3/t12-,13-/m0/s1. The molecule has 146 valence electrons. The molecule has 0 aliphatic carbocycles. The van der Waals surface area contributed by atoms with Gasteiger partial charge in [-0.05, 0) is 20.8 Å². The maximum atomic E-state index is 13.6. The topological polar surface area (TPSA) is 58.8 Å². The van der Waals surface area contributed by atoms with Crippen LogP contribution < -0.4 is 0 Å². The van der Waals surface area contributed by atoms with Gasteiger partial charge in [-0.25, -0.2) is 4.98 Å². The van der Waals surface area contributed by atoms with E-state index in [1.165, 1.54) is 6.20 Å². The zero-order valence-corrected chi connectivity index (χ0v) is 15.2. The predicted molar refractivity (Wildman–Crippen MR) is 86.2 cm³/mol. The molecule has 1 aromatic rings. The van der Waals surface area contributed by atoms with E-state index in [1.807, 2.05) is 13.8 Å². The second-order valence-electron chi connectivity index (χ2n) is 7.67. The monoisotopic (exact) mass is 375 g/mol. The SMILES string of the molecule is Cc1cnc(CN2C[C@H](C(=O)N3CCOCC3(C)C)[C@@H](C(F)(F)F)C2)o1. The molecule has 1 amide bonds. The molecule has 0 aromatic carbocycles. The van der Waals surface area contributed by atoms with Gasteiger partial charge in [0.1, 0.15) is 5.76 Å². The number of rotatable bonds is 3. The number of carbonyl (C=O) groups is 1. The molecule has 6 nitrogen and oxygen atoms in total. The maximum absolute atomic E-state index is 13.6. The van der Waals surface area contributed by atoms with Crippen molar-refractivity contribution < 1.29 is 27.1 Å². The molecule has 0 unspecified atom stereocenters. The van der Waals surface area contributed by atoms with Crippen LogP contribution in [0.4, 0.5) is 13.2 Å². The molecule has 2 saturated heterocycles. The highest BCUT2D eigenvalue weighted by Gasteiger charge is 2.54. The molecule has 0 saturated carbocycles. The number of aromatic nitrogens is 1. The molecular weight excluding hydrogens is 351 g/mol. The van der Waals surface area contributed by atoms with Crippen molar-refractivity contribution >= 4 is 5.91 Å². The van der Waals surface area contributed by atoms with E-state index < -0.39 is 29.5 Å². The van der Waals surface area contributed by atoms with Crippen molar-refractivity contribution in [2.75, 3.05) is 32.8 Å². The molecule has 2 atom stereocenters. The van der Waals surface area contributed by atoms with Crippen LogP contribution in [-0.2, 0) is 16.1 Å². The fraction of sp³-hybridized carbons (Fsp3) is 0.765. The Morgan fingerprint density at radius 1 is 1.38 bits per heavy atom. The summed E-state index contributed by atoms with van der Waals surface area (Å²) in [4.78, 5) is 20.2. The second-order valence-corrected chi connectivity index (χ2v) is 7.67. The minimum absolute atomic E-state index is 0.0396. The predicted octanol–water partition coefficient (Wildman–Crippen LogP) is 2.23. The minimum Gasteiger partial charge on any atom is -0.445 e. The van der Waals surface area contributed by atoms with E-state index in [1.54, 1.807) is 16.7 Å². The van der Waals surface area contributed by atoms with Gasteiger partial charge >= 0.3 is 6.18 Å². The summed E-state index contributed by atoms with van der Waals surface area (Å²) in [7, 11) is 0. The van der Waals surface area contributed by atoms with Crippen molar-refractivity contribution in [3.05, 3.63) is 17.8 Å². The summed E-state index contributed by atoms with van der Waals surface area (Å²) >= 11 is 0. The Hall–Kier alpha value is -1.61. The first-order chi connectivity index (χ1) is 12.1. The molecule has 0 radical (unpaired) electrons. The number of likely N-dealkylation sites (tertiary alicyclic amines) is 1. The fourth-order valence-corrected chi connectivity index (χ4v) is 3.73. The van der Waals surface area contributed by atoms with Gasteiger partial charge in [0.05, 0.1) is 43.3 Å². The van der Waals surface area contributed by atoms with Gasteiger partial charge in [0.15, 0.2) is 0 Å². The third-order valence-electron chi connectivity index (χ3n) is 5.07. The van der Waals surface area contributed by atoms with Crippen LogP contribution in [0.1, 0.15) is 25.5 Å². The van der Waals surface area contributed by atoms with E-state index in [4.69, 9.17) is 9.15 Å². The number of morpholine rings is 1. The number of aryl methyl sites for hydroxylation is 1. The smallest absolute Gasteiger partial charge is 0.393 e. The molecule has 9 heteroatoms. The van der Waals surface area contributed by atoms with Crippen LogP contribution in [0.3, 0.4) is 0 Å². The number of nitrogens with zero attached hydrogens (tertiary/aromatic N) is 3. The third-order valence-corrected chi connectivity index (χ3v) is 5.07. The average molecular weight is 375 g/mol. The van der Waals surface area contributed by atoms with Gasteiger partial charge in [-0.3, -0.25) is 9.69 Å². The van der Waals surface area contributed by atoms with Crippen LogP contribution in [0, 0.1) is 18.8 Å². The highest BCUT2D eigenvalue weighted by Crippen LogP contribution is 2.40. The summed E-state index contributed by atoms with van der Waals surface area (Å²) in [5.74, 6) is -2.29. The zero-order valence-electron chi connectivity index (χ0n) is 15.2. The molecule has 2 aliphatic heterocycles. The molecule has 2 fully saturated rings. The van der Waals surface area contributed by atoms with Gasteiger partial charge in [-0.1, -0.05) is 0 Å². The highest BCUT2D eigenvalue weighted by molar-refractivity contribution is 5.80. The Bertz CT molecular complexity index is 659. The molecule has 0 N–H and O–H groups in total. The van der Waals surface area contributed by atoms with E-state index in [-0.39, 0.29) is 19.6 Å². The lowest BCUT2D eigenvalue weighted by Gasteiger charge is -2.43. The van der Waals surface area contributed by atoms with E-state index in [0.717, 1.165) is 0 Å². The largest absolute Gasteiger partial charge is 0.445 e. The van der Waals surface area contributed by atoms with Crippen LogP contribution in [0.25, 0.3) is 0 Å². The summed E-state index contributed by atoms with van der Waals surface area (Å²) in [5.41, 5.74) is -0.613. The lowest BCUT2D eigenvalue weighted by atomic mass is 9.91. The number of amides is 1. The number of halogens is 3. The number of ether oxygens (including phenoxy) is 1. The van der Waals surface area contributed by atoms with E-state index >= 15 is 0 Å². The van der Waals surface area contributed by atoms with Gasteiger partial charge in [-0.2, -0.15) is 13.2 Å². The van der Waals surface area contributed by atoms with Crippen molar-refractivity contribution in [3.63, 3.8) is 0 Å². The van der Waals surface area contributed by atoms with Gasteiger partial charge in [0.2, 0.25) is 11.8 Å². The number of hydrogen-bond acceptors (Lipinski definition) is 5. The lowest BCUT2D eigenvalue weighted by molar-refractivity contribution is -0.189. The molecule has 2 aliphatic rings. The minimum atomic E-state index is -4.43. The summed E-state index contributed by atoms with van der Waals surface area (Å²) < 4.78 is 51.5. The summed E-state index contributed by atoms with van der Waals surface area (Å²) in [6, 6.07) is 0. The molecule has 0 spiro atoms. The Morgan fingerprint density at radius 3 is 2.69 bits per heavy atom. The number of hydrogen-bond donors (Lipinski definition) is 0. The van der Waals surface area contributed by atoms with Crippen molar-refractivity contribution in [1.82, 2.24) is 14.8 Å². The van der Waals surface area contributed by atoms with Gasteiger partial charge in [0.25, 0.3) is 0 Å². The number of carbonyl (C=O) groups excluding carboxylic acids is 1. The molecule has 1 aromatic heterocycles. The Labute approximate surface area is 150 Å². The third kappa shape index (κ3) is 3.88. The summed E-state index contributed by atoms with van der Waals surface area (Å²) in [5, 5.41) is 0. The van der Waals surface area contributed by atoms with Crippen molar-refractivity contribution in [2.45, 2.75) is 39.0 Å². The quantitative estimate of drug-likeness (QED) is 0.811. The lowest BCUT2D eigenvalue weighted by Crippen LogP contribution is -2.58. The van der Waals surface area contributed by atoms with E-state index in [0.29, 0.717) is 31.4 Å². The molecule has 0 bridgehead atoms. The van der Waals surface area contributed by atoms with E-state index in [2.05, 4.69) is 4.98 Å². The molecular formula is C17H24F3N3O3. The second kappa shape index (κ2) is 6.84. The van der Waals surface area contributed by atoms with Gasteiger partial charge in [0, 0.05) is 19.6 Å². The van der Waals surface area contributed by atoms with Crippen LogP contribution >= 0.6 is 0 Å². The van der Waals surface area contributed by atoms with Gasteiger partial charge in [-0.15, -0.1) is 0 Å². The first-order valence-electron chi connectivity index (χ1n) is 8.67. The Morgan fingerprint density at radius 2 is 2.12 bits per heavy atom. The van der Waals surface area contributed by atoms with Crippen LogP contribution in [-0.4, -0.2) is 65.3 Å². The van der Waals surface area contributed by atoms with Crippen LogP contribution in [0.15, 0.2) is 10.6 Å². The fourth-order valence-electron chi connectivity index (χ4n) is 3.73. The highest BCUT2D eigenvalue weighted by atomic mass is 19.4. The number of alkyl halides is 3. The summed E-state index contributed by atoms with van der Waals surface area (Å²) in [6.07, 6.45) is -2.90. The first kappa shape index (κ1) is 19.2. The number of oxazole rings is 1. The Kier molecular flexibility index (Phi) is 5.04. The molecule has 3 rings (SSSR count).